The highest BCUT2D eigenvalue weighted by Crippen LogP contribution is 2.64. The van der Waals surface area contributed by atoms with Crippen molar-refractivity contribution in [3.05, 3.63) is 0 Å². The van der Waals surface area contributed by atoms with Crippen molar-refractivity contribution >= 4 is 29.1 Å². The molecule has 1 saturated carbocycles. The van der Waals surface area contributed by atoms with Gasteiger partial charge in [-0.05, 0) is 19.3 Å². The van der Waals surface area contributed by atoms with Crippen molar-refractivity contribution in [3.8, 4) is 0 Å². The van der Waals surface area contributed by atoms with Crippen LogP contribution in [0.4, 0.5) is 13.2 Å². The van der Waals surface area contributed by atoms with E-state index in [9.17, 15) is 18.0 Å². The molecule has 0 N–H and O–H groups in total. The molecule has 0 saturated heterocycles. The number of rotatable bonds is 4. The van der Waals surface area contributed by atoms with Crippen molar-refractivity contribution in [2.45, 2.75) is 37.7 Å². The zero-order chi connectivity index (χ0) is 14.4. The number of halogens is 5. The molecule has 7 heteroatoms. The standard InChI is InChI=1S/C11H16Cl2F3NO/c1-7(2)4-17(6-11(14,15)16)8(18)9(3)5-10(9,12)13/h7H,4-6H2,1-3H3. The zero-order valence-corrected chi connectivity index (χ0v) is 12.0. The third-order valence-corrected chi connectivity index (χ3v) is 4.07. The van der Waals surface area contributed by atoms with Crippen LogP contribution in [0, 0.1) is 11.3 Å². The number of nitrogens with zero attached hydrogens (tertiary/aromatic N) is 1. The number of amides is 1. The molecule has 0 spiro atoms. The van der Waals surface area contributed by atoms with Gasteiger partial charge >= 0.3 is 6.18 Å². The number of hydrogen-bond acceptors (Lipinski definition) is 1. The summed E-state index contributed by atoms with van der Waals surface area (Å²) in [5.74, 6) is -0.683. The monoisotopic (exact) mass is 305 g/mol. The second kappa shape index (κ2) is 4.75. The van der Waals surface area contributed by atoms with Gasteiger partial charge in [0, 0.05) is 6.54 Å². The highest BCUT2D eigenvalue weighted by Gasteiger charge is 2.69. The fraction of sp³-hybridized carbons (Fsp3) is 0.909. The first kappa shape index (κ1) is 15.9. The summed E-state index contributed by atoms with van der Waals surface area (Å²) < 4.78 is 36.1. The second-order valence-corrected chi connectivity index (χ2v) is 6.89. The van der Waals surface area contributed by atoms with Gasteiger partial charge < -0.3 is 4.90 Å². The van der Waals surface area contributed by atoms with Gasteiger partial charge in [0.2, 0.25) is 5.91 Å². The molecule has 1 unspecified atom stereocenters. The Hall–Kier alpha value is -0.160. The third kappa shape index (κ3) is 3.44. The van der Waals surface area contributed by atoms with Crippen molar-refractivity contribution in [2.75, 3.05) is 13.1 Å². The molecule has 106 valence electrons. The lowest BCUT2D eigenvalue weighted by molar-refractivity contribution is -0.165. The van der Waals surface area contributed by atoms with Crippen LogP contribution in [0.15, 0.2) is 0 Å². The Morgan fingerprint density at radius 3 is 2.11 bits per heavy atom. The Morgan fingerprint density at radius 2 is 1.83 bits per heavy atom. The lowest BCUT2D eigenvalue weighted by Crippen LogP contribution is -2.45. The van der Waals surface area contributed by atoms with Crippen LogP contribution in [-0.2, 0) is 4.79 Å². The first-order chi connectivity index (χ1) is 7.89. The lowest BCUT2D eigenvalue weighted by atomic mass is 10.1. The van der Waals surface area contributed by atoms with Gasteiger partial charge in [-0.3, -0.25) is 4.79 Å². The summed E-state index contributed by atoms with van der Waals surface area (Å²) >= 11 is 11.7. The Morgan fingerprint density at radius 1 is 1.39 bits per heavy atom. The van der Waals surface area contributed by atoms with E-state index in [-0.39, 0.29) is 18.9 Å². The third-order valence-electron chi connectivity index (χ3n) is 2.97. The molecular formula is C11H16Cl2F3NO. The van der Waals surface area contributed by atoms with Crippen molar-refractivity contribution < 1.29 is 18.0 Å². The Labute approximate surface area is 114 Å². The van der Waals surface area contributed by atoms with Crippen LogP contribution in [0.5, 0.6) is 0 Å². The van der Waals surface area contributed by atoms with Crippen LogP contribution in [0.2, 0.25) is 0 Å². The predicted octanol–water partition coefficient (Wildman–Crippen LogP) is 3.62. The zero-order valence-electron chi connectivity index (χ0n) is 10.4. The van der Waals surface area contributed by atoms with E-state index in [0.717, 1.165) is 4.90 Å². The molecule has 0 aromatic rings. The molecule has 18 heavy (non-hydrogen) atoms. The van der Waals surface area contributed by atoms with Crippen LogP contribution in [0.3, 0.4) is 0 Å². The summed E-state index contributed by atoms with van der Waals surface area (Å²) in [7, 11) is 0. The van der Waals surface area contributed by atoms with Crippen molar-refractivity contribution in [1.29, 1.82) is 0 Å². The maximum absolute atomic E-state index is 12.5. The van der Waals surface area contributed by atoms with E-state index in [1.807, 2.05) is 0 Å². The maximum Gasteiger partial charge on any atom is 0.406 e. The molecule has 0 aliphatic heterocycles. The first-order valence-electron chi connectivity index (χ1n) is 5.63. The number of carbonyl (C=O) groups excluding carboxylic acids is 1. The SMILES string of the molecule is CC(C)CN(CC(F)(F)F)C(=O)C1(C)CC1(Cl)Cl. The Bertz CT molecular complexity index is 344. The number of hydrogen-bond donors (Lipinski definition) is 0. The minimum absolute atomic E-state index is 0.0395. The van der Waals surface area contributed by atoms with Gasteiger partial charge in [0.15, 0.2) is 0 Å². The molecule has 1 aliphatic carbocycles. The lowest BCUT2D eigenvalue weighted by Gasteiger charge is -2.29. The molecule has 2 nitrogen and oxygen atoms in total. The summed E-state index contributed by atoms with van der Waals surface area (Å²) in [6, 6.07) is 0. The van der Waals surface area contributed by atoms with E-state index in [4.69, 9.17) is 23.2 Å². The van der Waals surface area contributed by atoms with Gasteiger partial charge in [-0.1, -0.05) is 13.8 Å². The van der Waals surface area contributed by atoms with Gasteiger partial charge in [-0.25, -0.2) is 0 Å². The first-order valence-corrected chi connectivity index (χ1v) is 6.38. The fourth-order valence-corrected chi connectivity index (χ4v) is 2.55. The molecule has 1 rings (SSSR count). The molecule has 0 heterocycles. The van der Waals surface area contributed by atoms with Crippen molar-refractivity contribution in [1.82, 2.24) is 4.90 Å². The van der Waals surface area contributed by atoms with Gasteiger partial charge in [0.05, 0.1) is 5.41 Å². The van der Waals surface area contributed by atoms with Crippen molar-refractivity contribution in [2.24, 2.45) is 11.3 Å². The molecule has 1 aliphatic rings. The van der Waals surface area contributed by atoms with Crippen LogP contribution in [-0.4, -0.2) is 34.4 Å². The second-order valence-electron chi connectivity index (χ2n) is 5.41. The van der Waals surface area contributed by atoms with E-state index in [1.165, 1.54) is 6.92 Å². The molecule has 0 aromatic heterocycles. The summed E-state index contributed by atoms with van der Waals surface area (Å²) in [6.07, 6.45) is -4.23. The quantitative estimate of drug-likeness (QED) is 0.727. The van der Waals surface area contributed by atoms with Gasteiger partial charge in [0.25, 0.3) is 0 Å². The molecule has 0 radical (unpaired) electrons. The average molecular weight is 306 g/mol. The number of carbonyl (C=O) groups is 1. The molecule has 1 fully saturated rings. The highest BCUT2D eigenvalue weighted by molar-refractivity contribution is 6.53. The topological polar surface area (TPSA) is 20.3 Å². The van der Waals surface area contributed by atoms with E-state index < -0.39 is 28.4 Å². The normalized spacial score (nSPS) is 26.3. The summed E-state index contributed by atoms with van der Waals surface area (Å²) in [5, 5.41) is 0. The molecule has 1 amide bonds. The maximum atomic E-state index is 12.5. The summed E-state index contributed by atoms with van der Waals surface area (Å²) in [6.45, 7) is 3.78. The number of alkyl halides is 5. The molecule has 0 aromatic carbocycles. The van der Waals surface area contributed by atoms with Crippen LogP contribution in [0.25, 0.3) is 0 Å². The average Bonchev–Trinajstić information content (AvgIpc) is 2.61. The van der Waals surface area contributed by atoms with E-state index in [1.54, 1.807) is 13.8 Å². The van der Waals surface area contributed by atoms with Crippen LogP contribution in [0.1, 0.15) is 27.2 Å². The van der Waals surface area contributed by atoms with E-state index in [2.05, 4.69) is 0 Å². The van der Waals surface area contributed by atoms with Gasteiger partial charge in [0.1, 0.15) is 10.9 Å². The Balaban J connectivity index is 2.81. The van der Waals surface area contributed by atoms with Gasteiger partial charge in [-0.15, -0.1) is 23.2 Å². The highest BCUT2D eigenvalue weighted by atomic mass is 35.5. The van der Waals surface area contributed by atoms with Gasteiger partial charge in [-0.2, -0.15) is 13.2 Å². The van der Waals surface area contributed by atoms with E-state index >= 15 is 0 Å². The van der Waals surface area contributed by atoms with Crippen molar-refractivity contribution in [3.63, 3.8) is 0 Å². The minimum atomic E-state index is -4.42. The largest absolute Gasteiger partial charge is 0.406 e. The summed E-state index contributed by atoms with van der Waals surface area (Å²) in [5.41, 5.74) is -1.10. The molecule has 1 atom stereocenters. The Kier molecular flexibility index (Phi) is 4.19. The fourth-order valence-electron chi connectivity index (χ4n) is 1.86. The minimum Gasteiger partial charge on any atom is -0.333 e. The molecule has 0 bridgehead atoms. The summed E-state index contributed by atoms with van der Waals surface area (Å²) in [4.78, 5) is 12.9. The van der Waals surface area contributed by atoms with Crippen LogP contribution >= 0.6 is 23.2 Å². The van der Waals surface area contributed by atoms with Crippen LogP contribution < -0.4 is 0 Å². The smallest absolute Gasteiger partial charge is 0.333 e. The predicted molar refractivity (Wildman–Crippen MR) is 64.6 cm³/mol. The molecular weight excluding hydrogens is 290 g/mol. The van der Waals surface area contributed by atoms with E-state index in [0.29, 0.717) is 0 Å².